The van der Waals surface area contributed by atoms with Gasteiger partial charge in [-0.3, -0.25) is 9.48 Å². The molecular weight excluding hydrogens is 384 g/mol. The number of halogens is 1. The van der Waals surface area contributed by atoms with Crippen molar-refractivity contribution in [3.05, 3.63) is 16.9 Å². The molecule has 9 heteroatoms. The Morgan fingerprint density at radius 2 is 2.04 bits per heavy atom. The quantitative estimate of drug-likeness (QED) is 0.679. The Morgan fingerprint density at radius 1 is 1.39 bits per heavy atom. The number of rotatable bonds is 5. The Balaban J connectivity index is 0.000000163. The van der Waals surface area contributed by atoms with Crippen molar-refractivity contribution in [1.29, 1.82) is 0 Å². The minimum absolute atomic E-state index is 0.0118. The molecule has 1 aromatic rings. The minimum Gasteiger partial charge on any atom is -0.478 e. The topological polar surface area (TPSA) is 119 Å². The van der Waals surface area contributed by atoms with Gasteiger partial charge in [0, 0.05) is 25.6 Å². The zero-order valence-electron chi connectivity index (χ0n) is 16.4. The van der Waals surface area contributed by atoms with E-state index in [4.69, 9.17) is 27.2 Å². The maximum atomic E-state index is 11.3. The monoisotopic (exact) mass is 412 g/mol. The molecule has 156 valence electrons. The second-order valence-electron chi connectivity index (χ2n) is 8.38. The van der Waals surface area contributed by atoms with Gasteiger partial charge in [0.15, 0.2) is 0 Å². The third kappa shape index (κ3) is 4.34. The fourth-order valence-corrected chi connectivity index (χ4v) is 5.70. The molecule has 2 unspecified atom stereocenters. The highest BCUT2D eigenvalue weighted by molar-refractivity contribution is 6.32. The largest absolute Gasteiger partial charge is 0.478 e. The molecule has 4 bridgehead atoms. The molecule has 0 saturated heterocycles. The Morgan fingerprint density at radius 3 is 2.54 bits per heavy atom. The zero-order valence-corrected chi connectivity index (χ0v) is 17.1. The number of carboxylic acids is 1. The van der Waals surface area contributed by atoms with Crippen LogP contribution in [-0.2, 0) is 16.1 Å². The maximum absolute atomic E-state index is 11.3. The Labute approximate surface area is 169 Å². The summed E-state index contributed by atoms with van der Waals surface area (Å²) < 4.78 is 6.19. The van der Waals surface area contributed by atoms with E-state index < -0.39 is 5.97 Å². The molecule has 2 atom stereocenters. The van der Waals surface area contributed by atoms with Crippen LogP contribution in [0.1, 0.15) is 49.4 Å². The van der Waals surface area contributed by atoms with Gasteiger partial charge in [0.25, 0.3) is 0 Å². The van der Waals surface area contributed by atoms with Crippen LogP contribution in [-0.4, -0.2) is 52.1 Å². The second kappa shape index (κ2) is 8.39. The van der Waals surface area contributed by atoms with Gasteiger partial charge in [-0.25, -0.2) is 4.79 Å². The van der Waals surface area contributed by atoms with Crippen molar-refractivity contribution in [2.24, 2.45) is 23.5 Å². The van der Waals surface area contributed by atoms with Gasteiger partial charge in [0.05, 0.1) is 19.3 Å². The van der Waals surface area contributed by atoms with Gasteiger partial charge >= 0.3 is 5.97 Å². The summed E-state index contributed by atoms with van der Waals surface area (Å²) >= 11 is 5.72. The summed E-state index contributed by atoms with van der Waals surface area (Å²) in [6, 6.07) is 0.406. The van der Waals surface area contributed by atoms with Crippen molar-refractivity contribution < 1.29 is 19.4 Å². The molecule has 1 aromatic heterocycles. The van der Waals surface area contributed by atoms with Gasteiger partial charge in [0.2, 0.25) is 5.91 Å². The van der Waals surface area contributed by atoms with Gasteiger partial charge < -0.3 is 20.9 Å². The number of aromatic carboxylic acids is 1. The number of nitrogens with zero attached hydrogens (tertiary/aromatic N) is 2. The number of amides is 1. The van der Waals surface area contributed by atoms with Gasteiger partial charge in [-0.15, -0.1) is 0 Å². The zero-order chi connectivity index (χ0) is 20.5. The third-order valence-electron chi connectivity index (χ3n) is 6.30. The second-order valence-corrected chi connectivity index (χ2v) is 8.74. The smallest absolute Gasteiger partial charge is 0.340 e. The molecule has 0 aliphatic heterocycles. The first kappa shape index (κ1) is 21.1. The number of nitrogens with two attached hydrogens (primary N) is 1. The lowest BCUT2D eigenvalue weighted by molar-refractivity contribution is -0.125. The summed E-state index contributed by atoms with van der Waals surface area (Å²) in [6.07, 6.45) is 7.28. The van der Waals surface area contributed by atoms with Crippen molar-refractivity contribution in [2.75, 3.05) is 13.7 Å². The molecule has 4 N–H and O–H groups in total. The van der Waals surface area contributed by atoms with Gasteiger partial charge in [-0.05, 0) is 49.9 Å². The molecular formula is C19H29ClN4O4. The standard InChI is InChI=1S/C12H20N2O.C7H9ClN2O3/c1-7(15)14-12-4-8-2-9(5-12)11(13)10(3-8)6-12;1-13-3-2-10-6(8)5(4-9-10)7(11)12/h8-11H,2-6,13H2,1H3,(H,14,15);4H,2-3H2,1H3,(H,11,12). The number of hydrogen-bond donors (Lipinski definition) is 3. The highest BCUT2D eigenvalue weighted by Gasteiger charge is 2.54. The van der Waals surface area contributed by atoms with Crippen molar-refractivity contribution >= 4 is 23.5 Å². The van der Waals surface area contributed by atoms with Gasteiger partial charge in [-0.1, -0.05) is 11.6 Å². The molecule has 0 aromatic carbocycles. The number of nitrogens with one attached hydrogen (secondary N) is 1. The van der Waals surface area contributed by atoms with E-state index in [9.17, 15) is 9.59 Å². The van der Waals surface area contributed by atoms with E-state index >= 15 is 0 Å². The maximum Gasteiger partial charge on any atom is 0.340 e. The number of methoxy groups -OCH3 is 1. The highest BCUT2D eigenvalue weighted by Crippen LogP contribution is 2.55. The van der Waals surface area contributed by atoms with Crippen molar-refractivity contribution in [3.63, 3.8) is 0 Å². The summed E-state index contributed by atoms with van der Waals surface area (Å²) in [5.41, 5.74) is 6.38. The van der Waals surface area contributed by atoms with Crippen LogP contribution in [0.2, 0.25) is 5.15 Å². The normalized spacial score (nSPS) is 32.6. The fourth-order valence-electron chi connectivity index (χ4n) is 5.44. The Kier molecular flexibility index (Phi) is 6.31. The molecule has 1 amide bonds. The molecule has 5 rings (SSSR count). The van der Waals surface area contributed by atoms with E-state index in [-0.39, 0.29) is 22.2 Å². The Bertz CT molecular complexity index is 722. The van der Waals surface area contributed by atoms with Crippen LogP contribution in [0.25, 0.3) is 0 Å². The van der Waals surface area contributed by atoms with Gasteiger partial charge in [-0.2, -0.15) is 5.10 Å². The van der Waals surface area contributed by atoms with Crippen LogP contribution in [0.4, 0.5) is 0 Å². The van der Waals surface area contributed by atoms with Crippen LogP contribution in [0.5, 0.6) is 0 Å². The number of carbonyl (C=O) groups excluding carboxylic acids is 1. The van der Waals surface area contributed by atoms with Crippen molar-refractivity contribution in [2.45, 2.75) is 57.2 Å². The van der Waals surface area contributed by atoms with Crippen LogP contribution in [0, 0.1) is 17.8 Å². The van der Waals surface area contributed by atoms with Crippen LogP contribution < -0.4 is 11.1 Å². The van der Waals surface area contributed by atoms with E-state index in [1.807, 2.05) is 0 Å². The number of aromatic nitrogens is 2. The Hall–Kier alpha value is -1.64. The number of carbonyl (C=O) groups is 2. The van der Waals surface area contributed by atoms with Crippen LogP contribution >= 0.6 is 11.6 Å². The number of ether oxygens (including phenoxy) is 1. The molecule has 28 heavy (non-hydrogen) atoms. The first-order valence-corrected chi connectivity index (χ1v) is 10.1. The molecule has 1 heterocycles. The van der Waals surface area contributed by atoms with E-state index in [1.165, 1.54) is 30.1 Å². The third-order valence-corrected chi connectivity index (χ3v) is 6.70. The molecule has 4 aliphatic rings. The van der Waals surface area contributed by atoms with Crippen LogP contribution in [0.15, 0.2) is 6.20 Å². The summed E-state index contributed by atoms with van der Waals surface area (Å²) in [6.45, 7) is 2.53. The lowest BCUT2D eigenvalue weighted by atomic mass is 9.51. The molecule has 0 spiro atoms. The highest BCUT2D eigenvalue weighted by atomic mass is 35.5. The predicted octanol–water partition coefficient (Wildman–Crippen LogP) is 1.91. The summed E-state index contributed by atoms with van der Waals surface area (Å²) in [7, 11) is 1.55. The minimum atomic E-state index is -1.08. The number of carboxylic acid groups (broad SMARTS) is 1. The average molecular weight is 413 g/mol. The SMILES string of the molecule is CC(=O)NC12CC3CC(C1)C(N)C(C3)C2.COCCn1ncc(C(=O)O)c1Cl. The molecule has 4 saturated carbocycles. The number of hydrogen-bond acceptors (Lipinski definition) is 5. The average Bonchev–Trinajstić information content (AvgIpc) is 2.97. The van der Waals surface area contributed by atoms with Crippen LogP contribution in [0.3, 0.4) is 0 Å². The van der Waals surface area contributed by atoms with Crippen molar-refractivity contribution in [1.82, 2.24) is 15.1 Å². The van der Waals surface area contributed by atoms with Crippen molar-refractivity contribution in [3.8, 4) is 0 Å². The van der Waals surface area contributed by atoms with E-state index in [1.54, 1.807) is 14.0 Å². The fraction of sp³-hybridized carbons (Fsp3) is 0.737. The summed E-state index contributed by atoms with van der Waals surface area (Å²) in [5.74, 6) is 1.22. The molecule has 4 aliphatic carbocycles. The lowest BCUT2D eigenvalue weighted by Gasteiger charge is -2.59. The van der Waals surface area contributed by atoms with E-state index in [0.717, 1.165) is 18.8 Å². The molecule has 0 radical (unpaired) electrons. The van der Waals surface area contributed by atoms with Gasteiger partial charge in [0.1, 0.15) is 10.7 Å². The summed E-state index contributed by atoms with van der Waals surface area (Å²) in [4.78, 5) is 21.8. The van der Waals surface area contributed by atoms with E-state index in [0.29, 0.717) is 31.0 Å². The molecule has 8 nitrogen and oxygen atoms in total. The summed E-state index contributed by atoms with van der Waals surface area (Å²) in [5, 5.41) is 15.8. The first-order valence-electron chi connectivity index (χ1n) is 9.72. The molecule has 4 fully saturated rings. The van der Waals surface area contributed by atoms with E-state index in [2.05, 4.69) is 10.4 Å². The predicted molar refractivity (Wildman–Crippen MR) is 104 cm³/mol. The first-order chi connectivity index (χ1) is 13.2. The lowest BCUT2D eigenvalue weighted by Crippen LogP contribution is -2.65.